The number of hydrogen-bond acceptors (Lipinski definition) is 3. The van der Waals surface area contributed by atoms with Crippen LogP contribution in [0.4, 0.5) is 0 Å². The molecule has 1 amide bonds. The zero-order chi connectivity index (χ0) is 13.6. The van der Waals surface area contributed by atoms with Gasteiger partial charge < -0.3 is 10.2 Å². The van der Waals surface area contributed by atoms with Crippen molar-refractivity contribution in [2.45, 2.75) is 26.3 Å². The first kappa shape index (κ1) is 12.7. The molecule has 3 heterocycles. The first-order valence-electron chi connectivity index (χ1n) is 7.14. The number of fused-ring (bicyclic) bond motifs is 1. The molecule has 3 rings (SSSR count). The van der Waals surface area contributed by atoms with Crippen molar-refractivity contribution in [3.63, 3.8) is 0 Å². The van der Waals surface area contributed by atoms with E-state index in [0.29, 0.717) is 23.6 Å². The summed E-state index contributed by atoms with van der Waals surface area (Å²) in [6.07, 6.45) is 1.03. The lowest BCUT2D eigenvalue weighted by atomic mass is 9.93. The summed E-state index contributed by atoms with van der Waals surface area (Å²) in [4.78, 5) is 14.8. The summed E-state index contributed by atoms with van der Waals surface area (Å²) in [7, 11) is 1.85. The van der Waals surface area contributed by atoms with Crippen molar-refractivity contribution >= 4 is 5.91 Å². The van der Waals surface area contributed by atoms with Crippen molar-refractivity contribution in [1.82, 2.24) is 20.0 Å². The van der Waals surface area contributed by atoms with E-state index in [4.69, 9.17) is 0 Å². The van der Waals surface area contributed by atoms with Crippen molar-refractivity contribution in [3.8, 4) is 0 Å². The second-order valence-corrected chi connectivity index (χ2v) is 5.81. The van der Waals surface area contributed by atoms with E-state index in [2.05, 4.69) is 22.2 Å². The molecule has 104 valence electrons. The molecule has 0 spiro atoms. The third-order valence-corrected chi connectivity index (χ3v) is 4.62. The molecular formula is C14H22N4O. The minimum atomic E-state index is 0.143. The quantitative estimate of drug-likeness (QED) is 0.857. The predicted molar refractivity (Wildman–Crippen MR) is 72.9 cm³/mol. The molecule has 2 aliphatic heterocycles. The van der Waals surface area contributed by atoms with Crippen molar-refractivity contribution in [2.24, 2.45) is 18.9 Å². The van der Waals surface area contributed by atoms with E-state index in [1.807, 2.05) is 20.0 Å². The standard InChI is InChI=1S/C14H22N4O/c1-4-12-11-7-15-6-10(11)8-18(12)14(19)13-5-9(2)16-17(13)3/h5,10-12,15H,4,6-8H2,1-3H3. The molecule has 3 atom stereocenters. The highest BCUT2D eigenvalue weighted by Crippen LogP contribution is 2.35. The molecule has 0 aliphatic carbocycles. The molecule has 0 aromatic carbocycles. The number of carbonyl (C=O) groups excluding carboxylic acids is 1. The lowest BCUT2D eigenvalue weighted by Gasteiger charge is -2.26. The molecule has 2 fully saturated rings. The molecule has 0 radical (unpaired) electrons. The lowest BCUT2D eigenvalue weighted by Crippen LogP contribution is -2.40. The average Bonchev–Trinajstić information content (AvgIpc) is 3.01. The second-order valence-electron chi connectivity index (χ2n) is 5.81. The number of nitrogens with zero attached hydrogens (tertiary/aromatic N) is 3. The van der Waals surface area contributed by atoms with Crippen molar-refractivity contribution in [2.75, 3.05) is 19.6 Å². The lowest BCUT2D eigenvalue weighted by molar-refractivity contribution is 0.0700. The number of nitrogens with one attached hydrogen (secondary N) is 1. The Labute approximate surface area is 114 Å². The number of carbonyl (C=O) groups is 1. The van der Waals surface area contributed by atoms with Crippen LogP contribution in [0.3, 0.4) is 0 Å². The van der Waals surface area contributed by atoms with Gasteiger partial charge in [0.15, 0.2) is 0 Å². The molecule has 2 saturated heterocycles. The molecule has 2 aliphatic rings. The molecule has 19 heavy (non-hydrogen) atoms. The van der Waals surface area contributed by atoms with E-state index in [-0.39, 0.29) is 5.91 Å². The number of aromatic nitrogens is 2. The van der Waals surface area contributed by atoms with Crippen molar-refractivity contribution < 1.29 is 4.79 Å². The molecule has 0 saturated carbocycles. The monoisotopic (exact) mass is 262 g/mol. The Morgan fingerprint density at radius 3 is 2.95 bits per heavy atom. The molecule has 0 bridgehead atoms. The third kappa shape index (κ3) is 1.96. The molecule has 5 heteroatoms. The van der Waals surface area contributed by atoms with Crippen LogP contribution in [0.15, 0.2) is 6.07 Å². The number of hydrogen-bond donors (Lipinski definition) is 1. The Hall–Kier alpha value is -1.36. The first-order chi connectivity index (χ1) is 9.11. The topological polar surface area (TPSA) is 50.2 Å². The van der Waals surface area contributed by atoms with E-state index >= 15 is 0 Å². The van der Waals surface area contributed by atoms with Gasteiger partial charge in [-0.2, -0.15) is 5.10 Å². The summed E-state index contributed by atoms with van der Waals surface area (Å²) in [5.74, 6) is 1.40. The fraction of sp³-hybridized carbons (Fsp3) is 0.714. The van der Waals surface area contributed by atoms with Gasteiger partial charge in [0.05, 0.1) is 5.69 Å². The van der Waals surface area contributed by atoms with Gasteiger partial charge in [-0.25, -0.2) is 0 Å². The maximum absolute atomic E-state index is 12.7. The Morgan fingerprint density at radius 2 is 2.32 bits per heavy atom. The highest BCUT2D eigenvalue weighted by Gasteiger charge is 2.45. The fourth-order valence-electron chi connectivity index (χ4n) is 3.74. The van der Waals surface area contributed by atoms with Crippen LogP contribution in [0, 0.1) is 18.8 Å². The van der Waals surface area contributed by atoms with Crippen molar-refractivity contribution in [3.05, 3.63) is 17.5 Å². The normalized spacial score (nSPS) is 29.8. The smallest absolute Gasteiger partial charge is 0.272 e. The molecular weight excluding hydrogens is 240 g/mol. The van der Waals surface area contributed by atoms with Gasteiger partial charge in [0.1, 0.15) is 5.69 Å². The predicted octanol–water partition coefficient (Wildman–Crippen LogP) is 0.799. The number of amides is 1. The maximum Gasteiger partial charge on any atom is 0.272 e. The zero-order valence-corrected chi connectivity index (χ0v) is 11.9. The fourth-order valence-corrected chi connectivity index (χ4v) is 3.74. The summed E-state index contributed by atoms with van der Waals surface area (Å²) in [6.45, 7) is 7.10. The van der Waals surface area contributed by atoms with Crippen LogP contribution in [-0.4, -0.2) is 46.3 Å². The van der Waals surface area contributed by atoms with E-state index < -0.39 is 0 Å². The molecule has 1 aromatic heterocycles. The first-order valence-corrected chi connectivity index (χ1v) is 7.14. The summed E-state index contributed by atoms with van der Waals surface area (Å²) < 4.78 is 1.71. The largest absolute Gasteiger partial charge is 0.334 e. The minimum absolute atomic E-state index is 0.143. The Bertz CT molecular complexity index is 496. The third-order valence-electron chi connectivity index (χ3n) is 4.62. The van der Waals surface area contributed by atoms with Crippen LogP contribution in [0.5, 0.6) is 0 Å². The SMILES string of the molecule is CCC1C2CNCC2CN1C(=O)c1cc(C)nn1C. The highest BCUT2D eigenvalue weighted by atomic mass is 16.2. The van der Waals surface area contributed by atoms with Crippen LogP contribution in [0.1, 0.15) is 29.5 Å². The van der Waals surface area contributed by atoms with Gasteiger partial charge in [-0.1, -0.05) is 6.92 Å². The van der Waals surface area contributed by atoms with Crippen LogP contribution >= 0.6 is 0 Å². The van der Waals surface area contributed by atoms with E-state index in [0.717, 1.165) is 31.7 Å². The Kier molecular flexibility index (Phi) is 3.09. The van der Waals surface area contributed by atoms with Gasteiger partial charge in [0.25, 0.3) is 5.91 Å². The van der Waals surface area contributed by atoms with E-state index in [1.165, 1.54) is 0 Å². The Morgan fingerprint density at radius 1 is 1.53 bits per heavy atom. The minimum Gasteiger partial charge on any atom is -0.334 e. The Balaban J connectivity index is 1.85. The zero-order valence-electron chi connectivity index (χ0n) is 11.9. The summed E-state index contributed by atoms with van der Waals surface area (Å²) >= 11 is 0. The van der Waals surface area contributed by atoms with Crippen LogP contribution in [0.25, 0.3) is 0 Å². The molecule has 5 nitrogen and oxygen atoms in total. The molecule has 3 unspecified atom stereocenters. The van der Waals surface area contributed by atoms with Gasteiger partial charge >= 0.3 is 0 Å². The summed E-state index contributed by atoms with van der Waals surface area (Å²) in [6, 6.07) is 2.27. The molecule has 1 N–H and O–H groups in total. The van der Waals surface area contributed by atoms with Gasteiger partial charge in [-0.3, -0.25) is 9.48 Å². The van der Waals surface area contributed by atoms with Crippen LogP contribution in [0.2, 0.25) is 0 Å². The average molecular weight is 262 g/mol. The summed E-state index contributed by atoms with van der Waals surface area (Å²) in [5.41, 5.74) is 1.61. The van der Waals surface area contributed by atoms with E-state index in [1.54, 1.807) is 4.68 Å². The number of rotatable bonds is 2. The van der Waals surface area contributed by atoms with Gasteiger partial charge in [-0.15, -0.1) is 0 Å². The molecule has 1 aromatic rings. The maximum atomic E-state index is 12.7. The number of aryl methyl sites for hydroxylation is 2. The van der Waals surface area contributed by atoms with E-state index in [9.17, 15) is 4.79 Å². The van der Waals surface area contributed by atoms with Crippen molar-refractivity contribution in [1.29, 1.82) is 0 Å². The van der Waals surface area contributed by atoms with Crippen LogP contribution < -0.4 is 5.32 Å². The highest BCUT2D eigenvalue weighted by molar-refractivity contribution is 5.93. The van der Waals surface area contributed by atoms with Gasteiger partial charge in [0.2, 0.25) is 0 Å². The van der Waals surface area contributed by atoms with Crippen LogP contribution in [-0.2, 0) is 7.05 Å². The number of likely N-dealkylation sites (tertiary alicyclic amines) is 1. The van der Waals surface area contributed by atoms with Gasteiger partial charge in [-0.05, 0) is 31.2 Å². The summed E-state index contributed by atoms with van der Waals surface area (Å²) in [5, 5.41) is 7.73. The van der Waals surface area contributed by atoms with Gasteiger partial charge in [0, 0.05) is 32.7 Å². The second kappa shape index (κ2) is 4.63.